The highest BCUT2D eigenvalue weighted by Crippen LogP contribution is 2.64. The summed E-state index contributed by atoms with van der Waals surface area (Å²) in [5, 5.41) is 10.6. The number of amides is 2. The summed E-state index contributed by atoms with van der Waals surface area (Å²) in [5.41, 5.74) is -0.567. The molecule has 0 saturated carbocycles. The molecule has 210 valence electrons. The monoisotopic (exact) mass is 544 g/mol. The van der Waals surface area contributed by atoms with Gasteiger partial charge in [-0.3, -0.25) is 14.4 Å². The van der Waals surface area contributed by atoms with Crippen molar-refractivity contribution in [2.75, 3.05) is 19.8 Å². The van der Waals surface area contributed by atoms with Crippen LogP contribution in [0.5, 0.6) is 0 Å². The van der Waals surface area contributed by atoms with Gasteiger partial charge in [0.15, 0.2) is 0 Å². The van der Waals surface area contributed by atoms with Crippen LogP contribution in [0.4, 0.5) is 0 Å². The molecule has 3 heterocycles. The highest BCUT2D eigenvalue weighted by atomic mass is 16.6. The van der Waals surface area contributed by atoms with Gasteiger partial charge in [0.05, 0.1) is 24.2 Å². The van der Waals surface area contributed by atoms with E-state index in [1.165, 1.54) is 11.0 Å². The summed E-state index contributed by atoms with van der Waals surface area (Å²) in [7, 11) is 0. The Hall–Kier alpha value is -3.75. The second-order valence-electron chi connectivity index (χ2n) is 11.0. The van der Waals surface area contributed by atoms with Crippen LogP contribution in [0, 0.1) is 11.8 Å². The molecule has 40 heavy (non-hydrogen) atoms. The first-order valence-electron chi connectivity index (χ1n) is 13.7. The van der Waals surface area contributed by atoms with Crippen LogP contribution in [-0.4, -0.2) is 69.7 Å². The zero-order chi connectivity index (χ0) is 28.5. The van der Waals surface area contributed by atoms with E-state index in [-0.39, 0.29) is 25.0 Å². The van der Waals surface area contributed by atoms with E-state index in [9.17, 15) is 19.5 Å². The molecule has 3 fully saturated rings. The molecule has 6 atom stereocenters. The summed E-state index contributed by atoms with van der Waals surface area (Å²) in [6.45, 7) is 9.48. The molecular weight excluding hydrogens is 508 g/mol. The van der Waals surface area contributed by atoms with E-state index in [0.29, 0.717) is 24.9 Å². The van der Waals surface area contributed by atoms with Gasteiger partial charge in [0.1, 0.15) is 24.2 Å². The molecule has 1 N–H and O–H groups in total. The number of rotatable bonds is 11. The van der Waals surface area contributed by atoms with Crippen molar-refractivity contribution >= 4 is 17.8 Å². The highest BCUT2D eigenvalue weighted by Gasteiger charge is 2.79. The van der Waals surface area contributed by atoms with E-state index < -0.39 is 47.7 Å². The van der Waals surface area contributed by atoms with Crippen molar-refractivity contribution in [3.63, 3.8) is 0 Å². The summed E-state index contributed by atoms with van der Waals surface area (Å²) in [6.07, 6.45) is 4.06. The van der Waals surface area contributed by atoms with Crippen LogP contribution in [0.15, 0.2) is 86.0 Å². The number of hydrogen-bond donors (Lipinski definition) is 1. The average molecular weight is 545 g/mol. The quantitative estimate of drug-likeness (QED) is 0.344. The van der Waals surface area contributed by atoms with Crippen LogP contribution in [0.25, 0.3) is 0 Å². The molecule has 5 rings (SSSR count). The van der Waals surface area contributed by atoms with Crippen LogP contribution in [0.1, 0.15) is 36.9 Å². The SMILES string of the molecule is C=CCOC(=O)[C@H]1[C@H]2C(=O)N([C@H](CO)c3ccccc3)C(C(=O)N(CC=C)Cc3ccccc3)C23CC[C@]1(C)O3. The van der Waals surface area contributed by atoms with Crippen molar-refractivity contribution in [1.29, 1.82) is 0 Å². The first-order chi connectivity index (χ1) is 19.3. The molecule has 3 aliphatic heterocycles. The van der Waals surface area contributed by atoms with Gasteiger partial charge in [0.2, 0.25) is 11.8 Å². The molecule has 0 aromatic heterocycles. The molecule has 1 spiro atoms. The topological polar surface area (TPSA) is 96.4 Å². The number of benzene rings is 2. The van der Waals surface area contributed by atoms with Gasteiger partial charge in [0, 0.05) is 13.1 Å². The first kappa shape index (κ1) is 27.8. The second-order valence-corrected chi connectivity index (χ2v) is 11.0. The second kappa shape index (κ2) is 11.0. The fourth-order valence-corrected chi connectivity index (χ4v) is 6.96. The lowest BCUT2D eigenvalue weighted by Gasteiger charge is -2.39. The standard InChI is InChI=1S/C32H36N2O6/c1-4-18-33(20-22-12-8-6-9-13-22)29(37)27-32-17-16-31(3,40-32)26(30(38)39-19-5-2)25(32)28(36)34(27)24(21-35)23-14-10-7-11-15-23/h4-15,24-27,35H,1-2,16-21H2,3H3/t24-,25+,26-,27?,31+,32?/m1/s1. The van der Waals surface area contributed by atoms with Crippen molar-refractivity contribution in [2.45, 2.75) is 49.6 Å². The predicted molar refractivity (Wildman–Crippen MR) is 149 cm³/mol. The number of aliphatic hydroxyl groups is 1. The first-order valence-corrected chi connectivity index (χ1v) is 13.7. The predicted octanol–water partition coefficient (Wildman–Crippen LogP) is 3.43. The molecule has 2 aromatic rings. The smallest absolute Gasteiger partial charge is 0.313 e. The lowest BCUT2D eigenvalue weighted by Crippen LogP contribution is -2.57. The van der Waals surface area contributed by atoms with Gasteiger partial charge in [-0.05, 0) is 30.9 Å². The summed E-state index contributed by atoms with van der Waals surface area (Å²) in [4.78, 5) is 45.6. The zero-order valence-electron chi connectivity index (χ0n) is 22.8. The number of fused-ring (bicyclic) bond motifs is 1. The Morgan fingerprint density at radius 2 is 1.80 bits per heavy atom. The van der Waals surface area contributed by atoms with E-state index >= 15 is 0 Å². The Morgan fingerprint density at radius 3 is 2.42 bits per heavy atom. The van der Waals surface area contributed by atoms with Gasteiger partial charge in [-0.2, -0.15) is 0 Å². The van der Waals surface area contributed by atoms with Gasteiger partial charge >= 0.3 is 5.97 Å². The van der Waals surface area contributed by atoms with Crippen molar-refractivity contribution < 1.29 is 29.0 Å². The summed E-state index contributed by atoms with van der Waals surface area (Å²) >= 11 is 0. The van der Waals surface area contributed by atoms with E-state index in [0.717, 1.165) is 5.56 Å². The molecule has 2 amide bonds. The van der Waals surface area contributed by atoms with Crippen LogP contribution in [0.2, 0.25) is 0 Å². The molecule has 2 aromatic carbocycles. The van der Waals surface area contributed by atoms with Gasteiger partial charge in [-0.15, -0.1) is 6.58 Å². The Morgan fingerprint density at radius 1 is 1.12 bits per heavy atom. The van der Waals surface area contributed by atoms with Crippen molar-refractivity contribution in [1.82, 2.24) is 9.80 Å². The Labute approximate surface area is 234 Å². The number of carbonyl (C=O) groups is 3. The van der Waals surface area contributed by atoms with Gasteiger partial charge in [-0.1, -0.05) is 79.4 Å². The molecule has 2 bridgehead atoms. The van der Waals surface area contributed by atoms with Crippen molar-refractivity contribution in [3.05, 3.63) is 97.1 Å². The molecule has 3 saturated heterocycles. The highest BCUT2D eigenvalue weighted by molar-refractivity contribution is 5.98. The largest absolute Gasteiger partial charge is 0.461 e. The Bertz CT molecular complexity index is 1280. The number of esters is 1. The minimum atomic E-state index is -1.24. The molecule has 0 aliphatic carbocycles. The third-order valence-electron chi connectivity index (χ3n) is 8.62. The van der Waals surface area contributed by atoms with Crippen LogP contribution in [-0.2, 0) is 30.4 Å². The van der Waals surface area contributed by atoms with E-state index in [4.69, 9.17) is 9.47 Å². The average Bonchev–Trinajstić information content (AvgIpc) is 3.54. The maximum Gasteiger partial charge on any atom is 0.313 e. The van der Waals surface area contributed by atoms with Crippen molar-refractivity contribution in [3.8, 4) is 0 Å². The summed E-state index contributed by atoms with van der Waals surface area (Å²) in [6, 6.07) is 16.9. The molecule has 8 heteroatoms. The van der Waals surface area contributed by atoms with Crippen LogP contribution >= 0.6 is 0 Å². The van der Waals surface area contributed by atoms with E-state index in [2.05, 4.69) is 13.2 Å². The third-order valence-corrected chi connectivity index (χ3v) is 8.62. The lowest BCUT2D eigenvalue weighted by atomic mass is 9.66. The summed E-state index contributed by atoms with van der Waals surface area (Å²) in [5.74, 6) is -3.03. The molecular formula is C32H36N2O6. The normalized spacial score (nSPS) is 29.1. The number of hydrogen-bond acceptors (Lipinski definition) is 6. The van der Waals surface area contributed by atoms with Crippen LogP contribution in [0.3, 0.4) is 0 Å². The minimum absolute atomic E-state index is 0.0128. The Kier molecular flexibility index (Phi) is 7.66. The number of likely N-dealkylation sites (tertiary alicyclic amines) is 1. The van der Waals surface area contributed by atoms with Crippen molar-refractivity contribution in [2.24, 2.45) is 11.8 Å². The molecule has 8 nitrogen and oxygen atoms in total. The maximum absolute atomic E-state index is 14.6. The summed E-state index contributed by atoms with van der Waals surface area (Å²) < 4.78 is 12.1. The third kappa shape index (κ3) is 4.45. The zero-order valence-corrected chi connectivity index (χ0v) is 22.8. The van der Waals surface area contributed by atoms with E-state index in [1.807, 2.05) is 67.6 Å². The lowest BCUT2D eigenvalue weighted by molar-refractivity contribution is -0.161. The van der Waals surface area contributed by atoms with Crippen LogP contribution < -0.4 is 0 Å². The Balaban J connectivity index is 1.61. The minimum Gasteiger partial charge on any atom is -0.461 e. The van der Waals surface area contributed by atoms with Gasteiger partial charge < -0.3 is 24.4 Å². The van der Waals surface area contributed by atoms with E-state index in [1.54, 1.807) is 11.0 Å². The fraction of sp³-hybridized carbons (Fsp3) is 0.406. The molecule has 3 aliphatic rings. The number of ether oxygens (including phenoxy) is 2. The molecule has 0 radical (unpaired) electrons. The number of nitrogens with zero attached hydrogens (tertiary/aromatic N) is 2. The maximum atomic E-state index is 14.6. The molecule has 2 unspecified atom stereocenters. The number of carbonyl (C=O) groups excluding carboxylic acids is 3. The number of aliphatic hydroxyl groups excluding tert-OH is 1. The van der Waals surface area contributed by atoms with Gasteiger partial charge in [0.25, 0.3) is 0 Å². The van der Waals surface area contributed by atoms with Gasteiger partial charge in [-0.25, -0.2) is 0 Å². The fourth-order valence-electron chi connectivity index (χ4n) is 6.96.